The number of nitrogens with zero attached hydrogens (tertiary/aromatic N) is 4. The Morgan fingerprint density at radius 3 is 2.64 bits per heavy atom. The Hall–Kier alpha value is -2.52. The first-order valence-corrected chi connectivity index (χ1v) is 7.55. The zero-order chi connectivity index (χ0) is 17.7. The van der Waals surface area contributed by atoms with E-state index in [1.807, 2.05) is 26.8 Å². The number of nitrogens with two attached hydrogens (primary N) is 1. The smallest absolute Gasteiger partial charge is 0.243 e. The number of nitrogens with one attached hydrogen (secondary N) is 2. The van der Waals surface area contributed by atoms with Crippen LogP contribution in [0.25, 0.3) is 5.69 Å². The van der Waals surface area contributed by atoms with E-state index in [9.17, 15) is 9.59 Å². The van der Waals surface area contributed by atoms with Crippen molar-refractivity contribution < 1.29 is 9.59 Å². The molecule has 10 heteroatoms. The van der Waals surface area contributed by atoms with Gasteiger partial charge < -0.3 is 16.4 Å². The van der Waals surface area contributed by atoms with Crippen LogP contribution >= 0.6 is 12.4 Å². The van der Waals surface area contributed by atoms with Crippen LogP contribution in [0.15, 0.2) is 24.5 Å². The summed E-state index contributed by atoms with van der Waals surface area (Å²) < 4.78 is 1.51. The van der Waals surface area contributed by atoms with Crippen LogP contribution in [0.4, 0.5) is 5.69 Å². The topological polar surface area (TPSA) is 128 Å². The monoisotopic (exact) mass is 367 g/mol. The quantitative estimate of drug-likeness (QED) is 0.679. The van der Waals surface area contributed by atoms with Crippen LogP contribution in [-0.2, 0) is 9.59 Å². The summed E-state index contributed by atoms with van der Waals surface area (Å²) in [5.41, 5.74) is 8.01. The van der Waals surface area contributed by atoms with Crippen LogP contribution in [0.3, 0.4) is 0 Å². The average Bonchev–Trinajstić information content (AvgIpc) is 3.07. The van der Waals surface area contributed by atoms with Gasteiger partial charge in [0.2, 0.25) is 11.8 Å². The summed E-state index contributed by atoms with van der Waals surface area (Å²) in [5, 5.41) is 16.3. The van der Waals surface area contributed by atoms with Crippen LogP contribution in [0.5, 0.6) is 0 Å². The number of rotatable bonds is 6. The summed E-state index contributed by atoms with van der Waals surface area (Å²) in [6.07, 6.45) is 1.47. The van der Waals surface area contributed by atoms with Crippen LogP contribution in [0.2, 0.25) is 0 Å². The highest BCUT2D eigenvalue weighted by atomic mass is 35.5. The third-order valence-electron chi connectivity index (χ3n) is 3.53. The van der Waals surface area contributed by atoms with Crippen molar-refractivity contribution in [2.45, 2.75) is 26.8 Å². The molecule has 0 saturated heterocycles. The number of amides is 2. The Labute approximate surface area is 151 Å². The fourth-order valence-corrected chi connectivity index (χ4v) is 2.00. The van der Waals surface area contributed by atoms with Crippen LogP contribution < -0.4 is 16.4 Å². The lowest BCUT2D eigenvalue weighted by atomic mass is 10.1. The number of halogens is 1. The maximum atomic E-state index is 12.0. The van der Waals surface area contributed by atoms with E-state index in [4.69, 9.17) is 5.73 Å². The third-order valence-corrected chi connectivity index (χ3v) is 3.53. The molecule has 1 aromatic heterocycles. The van der Waals surface area contributed by atoms with Gasteiger partial charge in [-0.05, 0) is 41.0 Å². The van der Waals surface area contributed by atoms with Crippen LogP contribution in [0.1, 0.15) is 19.4 Å². The van der Waals surface area contributed by atoms with E-state index in [2.05, 4.69) is 26.2 Å². The van der Waals surface area contributed by atoms with Gasteiger partial charge in [-0.15, -0.1) is 17.5 Å². The van der Waals surface area contributed by atoms with E-state index in [0.29, 0.717) is 5.69 Å². The second kappa shape index (κ2) is 9.09. The number of aromatic nitrogens is 4. The summed E-state index contributed by atoms with van der Waals surface area (Å²) >= 11 is 0. The number of carbonyl (C=O) groups excluding carboxylic acids is 2. The van der Waals surface area contributed by atoms with Gasteiger partial charge in [0.1, 0.15) is 6.33 Å². The lowest BCUT2D eigenvalue weighted by Gasteiger charge is -2.15. The number of benzene rings is 1. The van der Waals surface area contributed by atoms with Gasteiger partial charge in [0, 0.05) is 5.69 Å². The zero-order valence-electron chi connectivity index (χ0n) is 14.3. The highest BCUT2D eigenvalue weighted by Crippen LogP contribution is 2.18. The first-order chi connectivity index (χ1) is 11.4. The maximum Gasteiger partial charge on any atom is 0.243 e. The fourth-order valence-electron chi connectivity index (χ4n) is 2.00. The molecule has 0 aliphatic heterocycles. The van der Waals surface area contributed by atoms with Crippen molar-refractivity contribution >= 4 is 29.9 Å². The van der Waals surface area contributed by atoms with Gasteiger partial charge in [0.25, 0.3) is 0 Å². The minimum atomic E-state index is -0.636. The lowest BCUT2D eigenvalue weighted by molar-refractivity contribution is -0.125. The third kappa shape index (κ3) is 5.50. The summed E-state index contributed by atoms with van der Waals surface area (Å²) in [4.78, 5) is 23.7. The predicted molar refractivity (Wildman–Crippen MR) is 95.6 cm³/mol. The molecule has 2 rings (SSSR count). The van der Waals surface area contributed by atoms with E-state index < -0.39 is 6.04 Å². The second-order valence-corrected chi connectivity index (χ2v) is 5.79. The molecule has 0 fully saturated rings. The molecular weight excluding hydrogens is 346 g/mol. The molecule has 136 valence electrons. The van der Waals surface area contributed by atoms with Gasteiger partial charge in [-0.25, -0.2) is 4.68 Å². The summed E-state index contributed by atoms with van der Waals surface area (Å²) in [6.45, 7) is 5.46. The van der Waals surface area contributed by atoms with Crippen molar-refractivity contribution in [3.8, 4) is 5.69 Å². The van der Waals surface area contributed by atoms with E-state index in [1.165, 1.54) is 11.0 Å². The molecule has 2 aromatic rings. The summed E-state index contributed by atoms with van der Waals surface area (Å²) in [5.74, 6) is -0.687. The van der Waals surface area contributed by atoms with Crippen LogP contribution in [-0.4, -0.2) is 44.6 Å². The van der Waals surface area contributed by atoms with Gasteiger partial charge in [0.15, 0.2) is 0 Å². The SMILES string of the molecule is Cc1ccc(NC(=O)CNC(=O)[C@@H](N)C(C)C)cc1-n1cnnn1.Cl. The number of anilines is 1. The lowest BCUT2D eigenvalue weighted by Crippen LogP contribution is -2.46. The Morgan fingerprint density at radius 2 is 2.04 bits per heavy atom. The summed E-state index contributed by atoms with van der Waals surface area (Å²) in [7, 11) is 0. The fraction of sp³-hybridized carbons (Fsp3) is 0.400. The van der Waals surface area contributed by atoms with Crippen molar-refractivity contribution in [2.75, 3.05) is 11.9 Å². The molecule has 1 aromatic carbocycles. The van der Waals surface area contributed by atoms with E-state index in [-0.39, 0.29) is 36.7 Å². The van der Waals surface area contributed by atoms with Gasteiger partial charge in [0.05, 0.1) is 18.3 Å². The molecule has 1 atom stereocenters. The molecule has 0 radical (unpaired) electrons. The second-order valence-electron chi connectivity index (χ2n) is 5.79. The number of hydrogen-bond acceptors (Lipinski definition) is 6. The first kappa shape index (κ1) is 20.5. The number of aryl methyl sites for hydroxylation is 1. The molecule has 0 unspecified atom stereocenters. The molecule has 0 aliphatic carbocycles. The molecule has 2 amide bonds. The minimum absolute atomic E-state index is 0. The standard InChI is InChI=1S/C15H21N7O2.ClH/c1-9(2)14(16)15(24)17-7-13(23)19-11-5-4-10(3)12(6-11)22-8-18-20-21-22;/h4-6,8-9,14H,7,16H2,1-3H3,(H,17,24)(H,19,23);1H/t14-;/m0./s1. The number of hydrogen-bond donors (Lipinski definition) is 3. The first-order valence-electron chi connectivity index (χ1n) is 7.55. The summed E-state index contributed by atoms with van der Waals surface area (Å²) in [6, 6.07) is 4.73. The molecule has 1 heterocycles. The maximum absolute atomic E-state index is 12.0. The molecule has 9 nitrogen and oxygen atoms in total. The van der Waals surface area contributed by atoms with Crippen molar-refractivity contribution in [2.24, 2.45) is 11.7 Å². The Bertz CT molecular complexity index is 719. The normalized spacial score (nSPS) is 11.6. The Morgan fingerprint density at radius 1 is 1.32 bits per heavy atom. The predicted octanol–water partition coefficient (Wildman–Crippen LogP) is 0.431. The molecule has 0 spiro atoms. The molecule has 0 saturated carbocycles. The van der Waals surface area contributed by atoms with Crippen molar-refractivity contribution in [3.05, 3.63) is 30.1 Å². The average molecular weight is 368 g/mol. The Balaban J connectivity index is 0.00000312. The molecule has 0 aliphatic rings. The van der Waals surface area contributed by atoms with E-state index in [0.717, 1.165) is 11.3 Å². The van der Waals surface area contributed by atoms with Gasteiger partial charge in [-0.2, -0.15) is 0 Å². The highest BCUT2D eigenvalue weighted by Gasteiger charge is 2.17. The number of carbonyl (C=O) groups is 2. The van der Waals surface area contributed by atoms with Crippen molar-refractivity contribution in [1.82, 2.24) is 25.5 Å². The van der Waals surface area contributed by atoms with Gasteiger partial charge in [-0.1, -0.05) is 19.9 Å². The van der Waals surface area contributed by atoms with E-state index >= 15 is 0 Å². The molecule has 25 heavy (non-hydrogen) atoms. The van der Waals surface area contributed by atoms with Crippen molar-refractivity contribution in [3.63, 3.8) is 0 Å². The van der Waals surface area contributed by atoms with Crippen molar-refractivity contribution in [1.29, 1.82) is 0 Å². The molecule has 0 bridgehead atoms. The largest absolute Gasteiger partial charge is 0.346 e. The molecule has 4 N–H and O–H groups in total. The van der Waals surface area contributed by atoms with Gasteiger partial charge in [-0.3, -0.25) is 9.59 Å². The minimum Gasteiger partial charge on any atom is -0.346 e. The number of tetrazole rings is 1. The molecular formula is C15H22ClN7O2. The van der Waals surface area contributed by atoms with Gasteiger partial charge >= 0.3 is 0 Å². The van der Waals surface area contributed by atoms with E-state index in [1.54, 1.807) is 12.1 Å². The highest BCUT2D eigenvalue weighted by molar-refractivity contribution is 5.95. The Kier molecular flexibility index (Phi) is 7.46. The van der Waals surface area contributed by atoms with Crippen LogP contribution in [0, 0.1) is 12.8 Å². The zero-order valence-corrected chi connectivity index (χ0v) is 15.1.